The minimum atomic E-state index is -1.52. The SMILES string of the molecule is O=C1[C@H](CC[C@H](O)c2ccc(F)cc2)[C@@H](c2ccc(C=C[C@@H]3OC(CO)[C@@H](O)[C@H](O)C3O)cc2O)N1c1ccc(F)cc1. The van der Waals surface area contributed by atoms with Gasteiger partial charge in [-0.05, 0) is 66.4 Å². The minimum absolute atomic E-state index is 0.135. The van der Waals surface area contributed by atoms with Crippen molar-refractivity contribution in [2.24, 2.45) is 5.92 Å². The van der Waals surface area contributed by atoms with E-state index in [1.165, 1.54) is 71.6 Å². The Labute approximate surface area is 246 Å². The van der Waals surface area contributed by atoms with Crippen molar-refractivity contribution in [1.29, 1.82) is 0 Å². The first-order chi connectivity index (χ1) is 20.6. The molecule has 43 heavy (non-hydrogen) atoms. The number of hydrogen-bond acceptors (Lipinski definition) is 8. The van der Waals surface area contributed by atoms with E-state index in [9.17, 15) is 44.2 Å². The van der Waals surface area contributed by atoms with Crippen LogP contribution in [-0.2, 0) is 9.53 Å². The zero-order valence-corrected chi connectivity index (χ0v) is 22.9. The van der Waals surface area contributed by atoms with Crippen molar-refractivity contribution in [2.45, 2.75) is 55.5 Å². The van der Waals surface area contributed by atoms with E-state index in [2.05, 4.69) is 0 Å². The summed E-state index contributed by atoms with van der Waals surface area (Å²) in [5, 5.41) is 61.4. The summed E-state index contributed by atoms with van der Waals surface area (Å²) in [5.41, 5.74) is 1.88. The molecule has 0 aromatic heterocycles. The van der Waals surface area contributed by atoms with Crippen molar-refractivity contribution in [1.82, 2.24) is 0 Å². The number of halogens is 2. The zero-order chi connectivity index (χ0) is 30.8. The van der Waals surface area contributed by atoms with Gasteiger partial charge in [0.2, 0.25) is 5.91 Å². The van der Waals surface area contributed by atoms with Gasteiger partial charge in [0.1, 0.15) is 47.9 Å². The second-order valence-corrected chi connectivity index (χ2v) is 10.9. The predicted molar refractivity (Wildman–Crippen MR) is 152 cm³/mol. The molecule has 2 aliphatic heterocycles. The maximum Gasteiger partial charge on any atom is 0.233 e. The van der Waals surface area contributed by atoms with Crippen molar-refractivity contribution >= 4 is 17.7 Å². The quantitative estimate of drug-likeness (QED) is 0.206. The summed E-state index contributed by atoms with van der Waals surface area (Å²) in [6.45, 7) is -0.558. The first kappa shape index (κ1) is 30.7. The average molecular weight is 598 g/mol. The van der Waals surface area contributed by atoms with Gasteiger partial charge in [-0.3, -0.25) is 4.79 Å². The number of aliphatic hydroxyl groups is 5. The highest BCUT2D eigenvalue weighted by atomic mass is 19.1. The van der Waals surface area contributed by atoms with Crippen LogP contribution >= 0.6 is 0 Å². The molecule has 0 radical (unpaired) electrons. The van der Waals surface area contributed by atoms with Gasteiger partial charge in [-0.2, -0.15) is 0 Å². The second kappa shape index (κ2) is 12.9. The number of phenolic OH excluding ortho intramolecular Hbond substituents is 1. The van der Waals surface area contributed by atoms with Gasteiger partial charge in [-0.15, -0.1) is 0 Å². The average Bonchev–Trinajstić information content (AvgIpc) is 3.00. The van der Waals surface area contributed by atoms with Crippen LogP contribution in [0.15, 0.2) is 72.8 Å². The van der Waals surface area contributed by atoms with Gasteiger partial charge in [-0.25, -0.2) is 8.78 Å². The summed E-state index contributed by atoms with van der Waals surface area (Å²) < 4.78 is 32.4. The Morgan fingerprint density at radius 3 is 2.19 bits per heavy atom. The third-order valence-electron chi connectivity index (χ3n) is 8.11. The lowest BCUT2D eigenvalue weighted by atomic mass is 9.77. The van der Waals surface area contributed by atoms with E-state index in [1.54, 1.807) is 12.1 Å². The molecule has 2 aliphatic rings. The highest BCUT2D eigenvalue weighted by Crippen LogP contribution is 2.48. The Hall–Kier alpha value is -3.71. The first-order valence-electron chi connectivity index (χ1n) is 13.9. The molecule has 2 saturated heterocycles. The first-order valence-corrected chi connectivity index (χ1v) is 13.9. The standard InChI is InChI=1S/C32H33F2NO8/c33-19-5-3-18(4-6-19)24(37)13-12-23-28(35(32(23)42)21-9-7-20(34)8-10-21)22-11-1-17(15-25(22)38)2-14-26-29(39)31(41)30(40)27(16-36)43-26/h1-11,14-15,23-24,26-31,36-41H,12-13,16H2/t23-,24+,26+,27?,28-,29?,30-,31-/m1/s1. The van der Waals surface area contributed by atoms with Crippen LogP contribution in [0.2, 0.25) is 0 Å². The number of β-lactam (4-membered cyclic amide) rings is 1. The molecular weight excluding hydrogens is 564 g/mol. The molecule has 9 nitrogen and oxygen atoms in total. The molecular formula is C32H33F2NO8. The molecule has 0 saturated carbocycles. The molecule has 8 atom stereocenters. The summed E-state index contributed by atoms with van der Waals surface area (Å²) in [6.07, 6.45) is -4.03. The number of carbonyl (C=O) groups is 1. The molecule has 2 unspecified atom stereocenters. The number of rotatable bonds is 9. The number of benzene rings is 3. The van der Waals surface area contributed by atoms with Crippen LogP contribution in [0.25, 0.3) is 6.08 Å². The zero-order valence-electron chi connectivity index (χ0n) is 22.9. The molecule has 11 heteroatoms. The number of ether oxygens (including phenoxy) is 1. The summed E-state index contributed by atoms with van der Waals surface area (Å²) >= 11 is 0. The topological polar surface area (TPSA) is 151 Å². The van der Waals surface area contributed by atoms with Gasteiger partial charge in [0.25, 0.3) is 0 Å². The number of aromatic hydroxyl groups is 1. The minimum Gasteiger partial charge on any atom is -0.508 e. The van der Waals surface area contributed by atoms with E-state index in [0.717, 1.165) is 0 Å². The van der Waals surface area contributed by atoms with Gasteiger partial charge < -0.3 is 40.3 Å². The fourth-order valence-corrected chi connectivity index (χ4v) is 5.67. The lowest BCUT2D eigenvalue weighted by Gasteiger charge is -2.48. The predicted octanol–water partition coefficient (Wildman–Crippen LogP) is 2.74. The summed E-state index contributed by atoms with van der Waals surface area (Å²) in [4.78, 5) is 14.8. The van der Waals surface area contributed by atoms with E-state index in [-0.39, 0.29) is 24.5 Å². The normalized spacial score (nSPS) is 28.2. The van der Waals surface area contributed by atoms with Crippen molar-refractivity contribution in [3.05, 3.63) is 101 Å². The van der Waals surface area contributed by atoms with Crippen LogP contribution in [0, 0.1) is 17.6 Å². The van der Waals surface area contributed by atoms with Crippen molar-refractivity contribution in [3.63, 3.8) is 0 Å². The monoisotopic (exact) mass is 597 g/mol. The molecule has 5 rings (SSSR count). The lowest BCUT2D eigenvalue weighted by molar-refractivity contribution is -0.216. The van der Waals surface area contributed by atoms with E-state index >= 15 is 0 Å². The van der Waals surface area contributed by atoms with Crippen molar-refractivity contribution in [3.8, 4) is 5.75 Å². The van der Waals surface area contributed by atoms with Gasteiger partial charge in [-0.1, -0.05) is 36.4 Å². The number of amides is 1. The number of nitrogens with zero attached hydrogens (tertiary/aromatic N) is 1. The van der Waals surface area contributed by atoms with Crippen molar-refractivity contribution in [2.75, 3.05) is 11.5 Å². The number of aliphatic hydroxyl groups excluding tert-OH is 5. The van der Waals surface area contributed by atoms with E-state index in [4.69, 9.17) is 4.74 Å². The number of carbonyl (C=O) groups excluding carboxylic acids is 1. The number of anilines is 1. The van der Waals surface area contributed by atoms with Gasteiger partial charge in [0, 0.05) is 11.3 Å². The maximum atomic E-state index is 13.6. The molecule has 0 bridgehead atoms. The van der Waals surface area contributed by atoms with Crippen LogP contribution in [0.5, 0.6) is 5.75 Å². The fourth-order valence-electron chi connectivity index (χ4n) is 5.67. The Morgan fingerprint density at radius 1 is 0.907 bits per heavy atom. The van der Waals surface area contributed by atoms with E-state index in [0.29, 0.717) is 22.4 Å². The highest BCUT2D eigenvalue weighted by molar-refractivity contribution is 6.03. The van der Waals surface area contributed by atoms with Crippen LogP contribution < -0.4 is 4.90 Å². The Balaban J connectivity index is 1.37. The Kier molecular flexibility index (Phi) is 9.21. The third kappa shape index (κ3) is 6.32. The molecule has 228 valence electrons. The molecule has 6 N–H and O–H groups in total. The molecule has 3 aromatic rings. The molecule has 3 aromatic carbocycles. The van der Waals surface area contributed by atoms with Crippen LogP contribution in [-0.4, -0.2) is 73.7 Å². The van der Waals surface area contributed by atoms with Gasteiger partial charge >= 0.3 is 0 Å². The van der Waals surface area contributed by atoms with Crippen LogP contribution in [0.4, 0.5) is 14.5 Å². The van der Waals surface area contributed by atoms with E-state index in [1.807, 2.05) is 0 Å². The largest absolute Gasteiger partial charge is 0.508 e. The smallest absolute Gasteiger partial charge is 0.233 e. The number of hydrogen-bond donors (Lipinski definition) is 6. The lowest BCUT2D eigenvalue weighted by Crippen LogP contribution is -2.57. The maximum absolute atomic E-state index is 13.6. The molecule has 2 heterocycles. The fraction of sp³-hybridized carbons (Fsp3) is 0.344. The molecule has 1 amide bonds. The van der Waals surface area contributed by atoms with Gasteiger partial charge in [0.15, 0.2) is 0 Å². The highest BCUT2D eigenvalue weighted by Gasteiger charge is 2.49. The summed E-state index contributed by atoms with van der Waals surface area (Å²) in [5.74, 6) is -1.90. The Morgan fingerprint density at radius 2 is 1.56 bits per heavy atom. The van der Waals surface area contributed by atoms with Crippen LogP contribution in [0.1, 0.15) is 41.7 Å². The summed E-state index contributed by atoms with van der Waals surface area (Å²) in [7, 11) is 0. The molecule has 0 aliphatic carbocycles. The summed E-state index contributed by atoms with van der Waals surface area (Å²) in [6, 6.07) is 15.0. The Bertz CT molecular complexity index is 1450. The molecule has 0 spiro atoms. The van der Waals surface area contributed by atoms with Gasteiger partial charge in [0.05, 0.1) is 24.7 Å². The van der Waals surface area contributed by atoms with E-state index < -0.39 is 66.8 Å². The van der Waals surface area contributed by atoms with Crippen LogP contribution in [0.3, 0.4) is 0 Å². The molecule has 2 fully saturated rings. The second-order valence-electron chi connectivity index (χ2n) is 10.9. The van der Waals surface area contributed by atoms with Crippen molar-refractivity contribution < 1.29 is 49.0 Å². The number of phenols is 1. The third-order valence-corrected chi connectivity index (χ3v) is 8.11.